The molecule has 0 saturated heterocycles. The molecule has 0 bridgehead atoms. The van der Waals surface area contributed by atoms with Crippen LogP contribution in [0.15, 0.2) is 17.0 Å². The van der Waals surface area contributed by atoms with Crippen LogP contribution in [0.4, 0.5) is 0 Å². The van der Waals surface area contributed by atoms with Gasteiger partial charge < -0.3 is 9.84 Å². The molecule has 4 nitrogen and oxygen atoms in total. The number of phenolic OH excluding ortho intramolecular Hbond substituents is 1. The fourth-order valence-corrected chi connectivity index (χ4v) is 1.27. The molecular formula is C9H7NO3S. The minimum Gasteiger partial charge on any atom is -0.507 e. The van der Waals surface area contributed by atoms with Crippen LogP contribution in [0, 0.1) is 11.3 Å². The Labute approximate surface area is 86.1 Å². The Kier molecular flexibility index (Phi) is 2.99. The van der Waals surface area contributed by atoms with Crippen molar-refractivity contribution in [2.24, 2.45) is 0 Å². The van der Waals surface area contributed by atoms with E-state index in [1.54, 1.807) is 6.07 Å². The molecule has 0 aliphatic heterocycles. The van der Waals surface area contributed by atoms with Crippen molar-refractivity contribution < 1.29 is 14.6 Å². The first-order valence-corrected chi connectivity index (χ1v) is 4.09. The highest BCUT2D eigenvalue weighted by molar-refractivity contribution is 7.80. The summed E-state index contributed by atoms with van der Waals surface area (Å²) in [5.74, 6) is -1.05. The first-order valence-electron chi connectivity index (χ1n) is 3.64. The third-order valence-electron chi connectivity index (χ3n) is 1.61. The van der Waals surface area contributed by atoms with Gasteiger partial charge in [-0.1, -0.05) is 0 Å². The molecule has 0 radical (unpaired) electrons. The van der Waals surface area contributed by atoms with Crippen LogP contribution in [-0.4, -0.2) is 18.2 Å². The lowest BCUT2D eigenvalue weighted by Gasteiger charge is -2.05. The number of phenols is 1. The molecule has 1 rings (SSSR count). The Morgan fingerprint density at radius 3 is 2.79 bits per heavy atom. The maximum Gasteiger partial charge on any atom is 0.343 e. The summed E-state index contributed by atoms with van der Waals surface area (Å²) in [6.07, 6.45) is 0. The maximum absolute atomic E-state index is 11.2. The Bertz CT molecular complexity index is 423. The molecule has 1 N–H and O–H groups in total. The Morgan fingerprint density at radius 2 is 2.29 bits per heavy atom. The van der Waals surface area contributed by atoms with Gasteiger partial charge in [-0.3, -0.25) is 0 Å². The lowest BCUT2D eigenvalue weighted by atomic mass is 10.1. The monoisotopic (exact) mass is 209 g/mol. The van der Waals surface area contributed by atoms with Crippen molar-refractivity contribution in [2.45, 2.75) is 4.90 Å². The van der Waals surface area contributed by atoms with Crippen LogP contribution < -0.4 is 0 Å². The van der Waals surface area contributed by atoms with Crippen molar-refractivity contribution >= 4 is 18.6 Å². The number of nitrogens with zero attached hydrogens (tertiary/aromatic N) is 1. The van der Waals surface area contributed by atoms with Gasteiger partial charge in [0.25, 0.3) is 0 Å². The molecule has 72 valence electrons. The highest BCUT2D eigenvalue weighted by atomic mass is 32.1. The van der Waals surface area contributed by atoms with Crippen LogP contribution >= 0.6 is 12.6 Å². The lowest BCUT2D eigenvalue weighted by molar-refractivity contribution is 0.0597. The minimum absolute atomic E-state index is 0.0434. The van der Waals surface area contributed by atoms with Gasteiger partial charge >= 0.3 is 5.97 Å². The highest BCUT2D eigenvalue weighted by Gasteiger charge is 2.17. The zero-order chi connectivity index (χ0) is 10.7. The molecule has 1 aromatic carbocycles. The molecule has 0 aromatic heterocycles. The van der Waals surface area contributed by atoms with Gasteiger partial charge in [-0.05, 0) is 12.1 Å². The molecule has 14 heavy (non-hydrogen) atoms. The summed E-state index contributed by atoms with van der Waals surface area (Å²) in [7, 11) is 1.18. The van der Waals surface area contributed by atoms with E-state index in [1.165, 1.54) is 19.2 Å². The molecule has 1 aromatic rings. The van der Waals surface area contributed by atoms with Gasteiger partial charge in [-0.2, -0.15) is 5.26 Å². The van der Waals surface area contributed by atoms with Crippen LogP contribution in [0.5, 0.6) is 5.75 Å². The number of nitriles is 1. The van der Waals surface area contributed by atoms with Gasteiger partial charge in [0.2, 0.25) is 0 Å². The standard InChI is InChI=1S/C9H7NO3S/c1-13-9(12)8-5(4-10)2-6(14)3-7(8)11/h2-3,11,14H,1H3. The van der Waals surface area contributed by atoms with Crippen molar-refractivity contribution in [2.75, 3.05) is 7.11 Å². The van der Waals surface area contributed by atoms with Crippen LogP contribution in [0.2, 0.25) is 0 Å². The van der Waals surface area contributed by atoms with Gasteiger partial charge in [0.1, 0.15) is 17.4 Å². The molecular weight excluding hydrogens is 202 g/mol. The van der Waals surface area contributed by atoms with E-state index in [0.29, 0.717) is 4.90 Å². The van der Waals surface area contributed by atoms with Crippen LogP contribution in [0.1, 0.15) is 15.9 Å². The van der Waals surface area contributed by atoms with E-state index in [9.17, 15) is 9.90 Å². The van der Waals surface area contributed by atoms with E-state index >= 15 is 0 Å². The van der Waals surface area contributed by atoms with E-state index in [4.69, 9.17) is 5.26 Å². The van der Waals surface area contributed by atoms with Crippen molar-refractivity contribution in [3.05, 3.63) is 23.3 Å². The number of carbonyl (C=O) groups is 1. The molecule has 0 atom stereocenters. The molecule has 0 amide bonds. The molecule has 0 heterocycles. The van der Waals surface area contributed by atoms with Gasteiger partial charge in [0, 0.05) is 4.90 Å². The molecule has 0 aliphatic carbocycles. The van der Waals surface area contributed by atoms with Gasteiger partial charge in [0.05, 0.1) is 12.7 Å². The lowest BCUT2D eigenvalue weighted by Crippen LogP contribution is -2.04. The number of carbonyl (C=O) groups excluding carboxylic acids is 1. The number of esters is 1. The third kappa shape index (κ3) is 1.80. The summed E-state index contributed by atoms with van der Waals surface area (Å²) in [5.41, 5.74) is -0.0883. The normalized spacial score (nSPS) is 9.21. The zero-order valence-electron chi connectivity index (χ0n) is 7.31. The summed E-state index contributed by atoms with van der Waals surface area (Å²) in [6.45, 7) is 0. The number of thiol groups is 1. The summed E-state index contributed by atoms with van der Waals surface area (Å²) in [4.78, 5) is 11.6. The van der Waals surface area contributed by atoms with Crippen molar-refractivity contribution in [3.8, 4) is 11.8 Å². The Balaban J connectivity index is 3.42. The smallest absolute Gasteiger partial charge is 0.343 e. The van der Waals surface area contributed by atoms with Crippen LogP contribution in [-0.2, 0) is 4.74 Å². The fraction of sp³-hybridized carbons (Fsp3) is 0.111. The second kappa shape index (κ2) is 4.03. The molecule has 0 unspecified atom stereocenters. The predicted molar refractivity (Wildman–Crippen MR) is 51.4 cm³/mol. The highest BCUT2D eigenvalue weighted by Crippen LogP contribution is 2.25. The number of benzene rings is 1. The van der Waals surface area contributed by atoms with E-state index in [2.05, 4.69) is 17.4 Å². The topological polar surface area (TPSA) is 70.3 Å². The summed E-state index contributed by atoms with van der Waals surface area (Å²) >= 11 is 3.96. The second-order valence-electron chi connectivity index (χ2n) is 2.49. The summed E-state index contributed by atoms with van der Waals surface area (Å²) in [5, 5.41) is 18.1. The molecule has 0 spiro atoms. The average Bonchev–Trinajstić information content (AvgIpc) is 2.15. The summed E-state index contributed by atoms with van der Waals surface area (Å²) < 4.78 is 4.42. The van der Waals surface area contributed by atoms with Crippen molar-refractivity contribution in [3.63, 3.8) is 0 Å². The molecule has 0 fully saturated rings. The van der Waals surface area contributed by atoms with E-state index in [1.807, 2.05) is 0 Å². The molecule has 0 saturated carbocycles. The van der Waals surface area contributed by atoms with Crippen LogP contribution in [0.3, 0.4) is 0 Å². The first kappa shape index (κ1) is 10.4. The minimum atomic E-state index is -0.743. The third-order valence-corrected chi connectivity index (χ3v) is 1.87. The largest absolute Gasteiger partial charge is 0.507 e. The zero-order valence-corrected chi connectivity index (χ0v) is 8.21. The van der Waals surface area contributed by atoms with Gasteiger partial charge in [0.15, 0.2) is 0 Å². The van der Waals surface area contributed by atoms with Crippen molar-refractivity contribution in [1.82, 2.24) is 0 Å². The number of hydrogen-bond acceptors (Lipinski definition) is 5. The Hall–Kier alpha value is -1.67. The second-order valence-corrected chi connectivity index (χ2v) is 3.01. The van der Waals surface area contributed by atoms with E-state index in [-0.39, 0.29) is 16.9 Å². The number of hydrogen-bond donors (Lipinski definition) is 2. The van der Waals surface area contributed by atoms with Gasteiger partial charge in [-0.15, -0.1) is 12.6 Å². The predicted octanol–water partition coefficient (Wildman–Crippen LogP) is 1.34. The van der Waals surface area contributed by atoms with E-state index < -0.39 is 5.97 Å². The average molecular weight is 209 g/mol. The number of methoxy groups -OCH3 is 1. The quantitative estimate of drug-likeness (QED) is 0.541. The van der Waals surface area contributed by atoms with Crippen LogP contribution in [0.25, 0.3) is 0 Å². The van der Waals surface area contributed by atoms with E-state index in [0.717, 1.165) is 0 Å². The Morgan fingerprint density at radius 1 is 1.64 bits per heavy atom. The fourth-order valence-electron chi connectivity index (χ4n) is 1.02. The number of aromatic hydroxyl groups is 1. The maximum atomic E-state index is 11.2. The molecule has 5 heteroatoms. The number of ether oxygens (including phenoxy) is 1. The molecule has 0 aliphatic rings. The first-order chi connectivity index (χ1) is 6.60. The SMILES string of the molecule is COC(=O)c1c(O)cc(S)cc1C#N. The summed E-state index contributed by atoms with van der Waals surface area (Å²) in [6, 6.07) is 4.44. The van der Waals surface area contributed by atoms with Gasteiger partial charge in [-0.25, -0.2) is 4.79 Å². The van der Waals surface area contributed by atoms with Crippen molar-refractivity contribution in [1.29, 1.82) is 5.26 Å². The number of rotatable bonds is 1.